The third kappa shape index (κ3) is 2.23. The Balaban J connectivity index is 2.97. The average molecular weight is 183 g/mol. The number of hydrazine groups is 1. The van der Waals surface area contributed by atoms with Gasteiger partial charge in [0, 0.05) is 6.20 Å². The molecule has 0 aliphatic heterocycles. The quantitative estimate of drug-likeness (QED) is 0.550. The number of hydrogen-bond acceptors (Lipinski definition) is 3. The third-order valence-corrected chi connectivity index (χ3v) is 1.93. The van der Waals surface area contributed by atoms with Crippen LogP contribution in [0, 0.1) is 11.7 Å². The zero-order valence-electron chi connectivity index (χ0n) is 7.79. The van der Waals surface area contributed by atoms with Gasteiger partial charge in [0.2, 0.25) is 0 Å². The van der Waals surface area contributed by atoms with Gasteiger partial charge < -0.3 is 0 Å². The highest BCUT2D eigenvalue weighted by Gasteiger charge is 2.18. The van der Waals surface area contributed by atoms with E-state index in [-0.39, 0.29) is 17.8 Å². The first-order valence-electron chi connectivity index (χ1n) is 4.23. The highest BCUT2D eigenvalue weighted by molar-refractivity contribution is 5.11. The summed E-state index contributed by atoms with van der Waals surface area (Å²) in [7, 11) is 0. The molecule has 4 heteroatoms. The van der Waals surface area contributed by atoms with Crippen LogP contribution in [0.15, 0.2) is 18.3 Å². The summed E-state index contributed by atoms with van der Waals surface area (Å²) in [5.41, 5.74) is 2.93. The Bertz CT molecular complexity index is 275. The largest absolute Gasteiger partial charge is 0.271 e. The van der Waals surface area contributed by atoms with Crippen LogP contribution in [0.1, 0.15) is 25.6 Å². The van der Waals surface area contributed by atoms with E-state index in [2.05, 4.69) is 10.4 Å². The topological polar surface area (TPSA) is 50.9 Å². The molecule has 3 N–H and O–H groups in total. The van der Waals surface area contributed by atoms with Crippen molar-refractivity contribution >= 4 is 0 Å². The summed E-state index contributed by atoms with van der Waals surface area (Å²) < 4.78 is 13.2. The van der Waals surface area contributed by atoms with Crippen molar-refractivity contribution in [3.63, 3.8) is 0 Å². The molecule has 1 unspecified atom stereocenters. The number of nitrogens with one attached hydrogen (secondary N) is 1. The number of nitrogens with zero attached hydrogens (tertiary/aromatic N) is 1. The first-order chi connectivity index (χ1) is 6.16. The maximum absolute atomic E-state index is 13.2. The van der Waals surface area contributed by atoms with E-state index in [9.17, 15) is 4.39 Å². The van der Waals surface area contributed by atoms with Gasteiger partial charge in [-0.1, -0.05) is 13.8 Å². The Morgan fingerprint density at radius 3 is 2.69 bits per heavy atom. The van der Waals surface area contributed by atoms with Gasteiger partial charge in [0.05, 0.1) is 11.7 Å². The molecule has 1 aromatic rings. The van der Waals surface area contributed by atoms with E-state index in [4.69, 9.17) is 5.84 Å². The molecule has 0 aromatic carbocycles. The maximum Gasteiger partial charge on any atom is 0.146 e. The SMILES string of the molecule is CC(C)C(NN)c1ncccc1F. The lowest BCUT2D eigenvalue weighted by atomic mass is 10.0. The fourth-order valence-electron chi connectivity index (χ4n) is 1.21. The first-order valence-corrected chi connectivity index (χ1v) is 4.23. The van der Waals surface area contributed by atoms with E-state index in [0.29, 0.717) is 5.69 Å². The molecule has 0 fully saturated rings. The minimum absolute atomic E-state index is 0.203. The van der Waals surface area contributed by atoms with Gasteiger partial charge in [-0.15, -0.1) is 0 Å². The van der Waals surface area contributed by atoms with Gasteiger partial charge in [0.25, 0.3) is 0 Å². The normalized spacial score (nSPS) is 13.3. The van der Waals surface area contributed by atoms with Crippen LogP contribution < -0.4 is 11.3 Å². The predicted molar refractivity (Wildman–Crippen MR) is 49.1 cm³/mol. The molecule has 0 aliphatic carbocycles. The lowest BCUT2D eigenvalue weighted by molar-refractivity contribution is 0.394. The highest BCUT2D eigenvalue weighted by atomic mass is 19.1. The number of hydrogen-bond donors (Lipinski definition) is 2. The Morgan fingerprint density at radius 2 is 2.23 bits per heavy atom. The summed E-state index contributed by atoms with van der Waals surface area (Å²) in [4.78, 5) is 3.95. The van der Waals surface area contributed by atoms with Gasteiger partial charge in [-0.25, -0.2) is 4.39 Å². The molecular weight excluding hydrogens is 169 g/mol. The van der Waals surface area contributed by atoms with Gasteiger partial charge in [0.1, 0.15) is 5.82 Å². The second-order valence-electron chi connectivity index (χ2n) is 3.26. The standard InChI is InChI=1S/C9H14FN3/c1-6(2)8(13-11)9-7(10)4-3-5-12-9/h3-6,8,13H,11H2,1-2H3. The molecule has 0 amide bonds. The molecule has 0 spiro atoms. The lowest BCUT2D eigenvalue weighted by Gasteiger charge is -2.19. The van der Waals surface area contributed by atoms with Gasteiger partial charge in [-0.3, -0.25) is 16.3 Å². The summed E-state index contributed by atoms with van der Waals surface area (Å²) >= 11 is 0. The number of nitrogens with two attached hydrogens (primary N) is 1. The molecule has 1 rings (SSSR count). The Morgan fingerprint density at radius 1 is 1.54 bits per heavy atom. The summed E-state index contributed by atoms with van der Waals surface area (Å²) in [5, 5.41) is 0. The van der Waals surface area contributed by atoms with Crippen LogP contribution in [0.5, 0.6) is 0 Å². The van der Waals surface area contributed by atoms with E-state index in [1.54, 1.807) is 12.3 Å². The monoisotopic (exact) mass is 183 g/mol. The van der Waals surface area contributed by atoms with E-state index < -0.39 is 0 Å². The van der Waals surface area contributed by atoms with Crippen LogP contribution in [-0.4, -0.2) is 4.98 Å². The van der Waals surface area contributed by atoms with Gasteiger partial charge in [-0.2, -0.15) is 0 Å². The third-order valence-electron chi connectivity index (χ3n) is 1.93. The minimum Gasteiger partial charge on any atom is -0.271 e. The van der Waals surface area contributed by atoms with Crippen LogP contribution in [0.25, 0.3) is 0 Å². The smallest absolute Gasteiger partial charge is 0.146 e. The fraction of sp³-hybridized carbons (Fsp3) is 0.444. The molecule has 3 nitrogen and oxygen atoms in total. The number of pyridine rings is 1. The van der Waals surface area contributed by atoms with Crippen LogP contribution in [0.2, 0.25) is 0 Å². The average Bonchev–Trinajstić information content (AvgIpc) is 2.09. The first kappa shape index (κ1) is 10.1. The Hall–Kier alpha value is -1.00. The van der Waals surface area contributed by atoms with E-state index in [1.165, 1.54) is 6.07 Å². The molecular formula is C9H14FN3. The molecule has 1 atom stereocenters. The lowest BCUT2D eigenvalue weighted by Crippen LogP contribution is -2.32. The van der Waals surface area contributed by atoms with Gasteiger partial charge in [-0.05, 0) is 18.1 Å². The second-order valence-corrected chi connectivity index (χ2v) is 3.26. The number of halogens is 1. The van der Waals surface area contributed by atoms with Crippen molar-refractivity contribution in [2.75, 3.05) is 0 Å². The van der Waals surface area contributed by atoms with Crippen LogP contribution in [-0.2, 0) is 0 Å². The van der Waals surface area contributed by atoms with E-state index >= 15 is 0 Å². The minimum atomic E-state index is -0.320. The fourth-order valence-corrected chi connectivity index (χ4v) is 1.21. The zero-order valence-corrected chi connectivity index (χ0v) is 7.79. The second kappa shape index (κ2) is 4.30. The predicted octanol–water partition coefficient (Wildman–Crippen LogP) is 1.38. The van der Waals surface area contributed by atoms with Crippen molar-refractivity contribution in [2.45, 2.75) is 19.9 Å². The summed E-state index contributed by atoms with van der Waals surface area (Å²) in [6.07, 6.45) is 1.56. The van der Waals surface area contributed by atoms with E-state index in [1.807, 2.05) is 13.8 Å². The molecule has 0 saturated heterocycles. The number of rotatable bonds is 3. The molecule has 13 heavy (non-hydrogen) atoms. The van der Waals surface area contributed by atoms with Crippen molar-refractivity contribution < 1.29 is 4.39 Å². The highest BCUT2D eigenvalue weighted by Crippen LogP contribution is 2.20. The van der Waals surface area contributed by atoms with Crippen molar-refractivity contribution in [1.29, 1.82) is 0 Å². The van der Waals surface area contributed by atoms with Crippen molar-refractivity contribution in [1.82, 2.24) is 10.4 Å². The van der Waals surface area contributed by atoms with E-state index in [0.717, 1.165) is 0 Å². The van der Waals surface area contributed by atoms with Crippen LogP contribution >= 0.6 is 0 Å². The molecule has 72 valence electrons. The van der Waals surface area contributed by atoms with Crippen molar-refractivity contribution in [2.24, 2.45) is 11.8 Å². The molecule has 0 aliphatic rings. The number of aromatic nitrogens is 1. The zero-order chi connectivity index (χ0) is 9.84. The summed E-state index contributed by atoms with van der Waals surface area (Å²) in [6, 6.07) is 2.71. The molecule has 0 radical (unpaired) electrons. The Labute approximate surface area is 77.1 Å². The van der Waals surface area contributed by atoms with Crippen molar-refractivity contribution in [3.8, 4) is 0 Å². The van der Waals surface area contributed by atoms with Crippen LogP contribution in [0.4, 0.5) is 4.39 Å². The summed E-state index contributed by atoms with van der Waals surface area (Å²) in [6.45, 7) is 3.91. The maximum atomic E-state index is 13.2. The molecule has 1 aromatic heterocycles. The molecule has 0 bridgehead atoms. The van der Waals surface area contributed by atoms with Gasteiger partial charge >= 0.3 is 0 Å². The molecule has 1 heterocycles. The van der Waals surface area contributed by atoms with Gasteiger partial charge in [0.15, 0.2) is 0 Å². The van der Waals surface area contributed by atoms with Crippen molar-refractivity contribution in [3.05, 3.63) is 29.8 Å². The summed E-state index contributed by atoms with van der Waals surface area (Å²) in [5.74, 6) is 5.20. The Kier molecular flexibility index (Phi) is 3.33. The van der Waals surface area contributed by atoms with Crippen LogP contribution in [0.3, 0.4) is 0 Å². The molecule has 0 saturated carbocycles.